The zero-order chi connectivity index (χ0) is 10.1. The van der Waals surface area contributed by atoms with Gasteiger partial charge in [0.2, 0.25) is 5.88 Å². The minimum absolute atomic E-state index is 0.259. The van der Waals surface area contributed by atoms with E-state index >= 15 is 0 Å². The summed E-state index contributed by atoms with van der Waals surface area (Å²) in [6, 6.07) is 3.34. The summed E-state index contributed by atoms with van der Waals surface area (Å²) in [7, 11) is 0. The topological polar surface area (TPSA) is 70.8 Å². The van der Waals surface area contributed by atoms with E-state index in [1.807, 2.05) is 0 Å². The number of aromatic amines is 2. The molecule has 2 aromatic heterocycles. The van der Waals surface area contributed by atoms with Crippen LogP contribution in [-0.4, -0.2) is 20.9 Å². The Balaban J connectivity index is 2.50. The molecule has 14 heavy (non-hydrogen) atoms. The lowest BCUT2D eigenvalue weighted by Gasteiger charge is -1.98. The highest BCUT2D eigenvalue weighted by molar-refractivity contribution is 7.71. The van der Waals surface area contributed by atoms with Crippen LogP contribution in [-0.2, 0) is 4.79 Å². The lowest BCUT2D eigenvalue weighted by atomic mass is 10.4. The first kappa shape index (κ1) is 8.89. The Bertz CT molecular complexity index is 543. The molecule has 0 radical (unpaired) electrons. The van der Waals surface area contributed by atoms with E-state index in [0.717, 1.165) is 5.52 Å². The molecule has 0 aliphatic carbocycles. The monoisotopic (exact) mass is 209 g/mol. The molecule has 0 unspecified atom stereocenters. The fourth-order valence-electron chi connectivity index (χ4n) is 1.10. The molecule has 0 spiro atoms. The maximum atomic E-state index is 10.7. The van der Waals surface area contributed by atoms with Crippen LogP contribution in [0.2, 0.25) is 0 Å². The van der Waals surface area contributed by atoms with Crippen molar-refractivity contribution in [3.63, 3.8) is 0 Å². The fraction of sp³-hybridized carbons (Fsp3) is 0.125. The van der Waals surface area contributed by atoms with Gasteiger partial charge < -0.3 is 14.7 Å². The standard InChI is InChI=1S/C8H7N3O2S/c1-4(12)13-6-3-2-5-7(10-6)11-8(14)9-5/h2-3H,1H3,(H2,9,10,11,14). The van der Waals surface area contributed by atoms with Gasteiger partial charge in [-0.25, -0.2) is 0 Å². The van der Waals surface area contributed by atoms with Gasteiger partial charge in [0.25, 0.3) is 0 Å². The Kier molecular flexibility index (Phi) is 2.05. The van der Waals surface area contributed by atoms with Crippen molar-refractivity contribution in [2.45, 2.75) is 6.92 Å². The van der Waals surface area contributed by atoms with Crippen LogP contribution in [0.1, 0.15) is 6.92 Å². The maximum absolute atomic E-state index is 10.7. The average molecular weight is 209 g/mol. The minimum Gasteiger partial charge on any atom is -0.408 e. The molecule has 6 heteroatoms. The van der Waals surface area contributed by atoms with Crippen molar-refractivity contribution in [2.24, 2.45) is 0 Å². The van der Waals surface area contributed by atoms with Gasteiger partial charge >= 0.3 is 5.97 Å². The van der Waals surface area contributed by atoms with Crippen LogP contribution in [0.25, 0.3) is 11.2 Å². The van der Waals surface area contributed by atoms with Crippen LogP contribution in [0.5, 0.6) is 5.88 Å². The zero-order valence-corrected chi connectivity index (χ0v) is 8.14. The highest BCUT2D eigenvalue weighted by Crippen LogP contribution is 2.13. The van der Waals surface area contributed by atoms with E-state index in [9.17, 15) is 4.79 Å². The van der Waals surface area contributed by atoms with Crippen molar-refractivity contribution in [3.05, 3.63) is 16.9 Å². The van der Waals surface area contributed by atoms with Crippen molar-refractivity contribution in [1.29, 1.82) is 0 Å². The number of hydrogen-bond acceptors (Lipinski definition) is 4. The van der Waals surface area contributed by atoms with Crippen molar-refractivity contribution >= 4 is 29.4 Å². The Morgan fingerprint density at radius 3 is 3.00 bits per heavy atom. The number of nitrogens with one attached hydrogen (secondary N) is 2. The molecular formula is C8H7N3O2S. The van der Waals surface area contributed by atoms with Gasteiger partial charge in [-0.05, 0) is 18.3 Å². The first-order valence-electron chi connectivity index (χ1n) is 3.92. The van der Waals surface area contributed by atoms with Gasteiger partial charge in [-0.1, -0.05) is 0 Å². The number of H-pyrrole nitrogens is 2. The molecule has 2 rings (SSSR count). The summed E-state index contributed by atoms with van der Waals surface area (Å²) in [5, 5.41) is 0. The molecule has 0 aliphatic rings. The molecular weight excluding hydrogens is 202 g/mol. The summed E-state index contributed by atoms with van der Waals surface area (Å²) in [6.07, 6.45) is 0. The number of fused-ring (bicyclic) bond motifs is 1. The number of esters is 1. The highest BCUT2D eigenvalue weighted by atomic mass is 32.1. The van der Waals surface area contributed by atoms with Crippen LogP contribution >= 0.6 is 12.2 Å². The third-order valence-corrected chi connectivity index (χ3v) is 1.80. The number of hydrogen-bond donors (Lipinski definition) is 2. The van der Waals surface area contributed by atoms with Gasteiger partial charge in [0.1, 0.15) is 0 Å². The van der Waals surface area contributed by atoms with Crippen molar-refractivity contribution in [2.75, 3.05) is 0 Å². The zero-order valence-electron chi connectivity index (χ0n) is 7.33. The number of pyridine rings is 1. The van der Waals surface area contributed by atoms with Gasteiger partial charge in [-0.15, -0.1) is 0 Å². The molecule has 5 nitrogen and oxygen atoms in total. The fourth-order valence-corrected chi connectivity index (χ4v) is 1.31. The molecule has 0 aromatic carbocycles. The van der Waals surface area contributed by atoms with E-state index < -0.39 is 5.97 Å². The van der Waals surface area contributed by atoms with Crippen molar-refractivity contribution < 1.29 is 9.53 Å². The molecule has 2 heterocycles. The van der Waals surface area contributed by atoms with E-state index in [1.165, 1.54) is 6.92 Å². The van der Waals surface area contributed by atoms with E-state index in [0.29, 0.717) is 10.4 Å². The summed E-state index contributed by atoms with van der Waals surface area (Å²) in [6.45, 7) is 1.32. The Morgan fingerprint density at radius 1 is 1.50 bits per heavy atom. The second-order valence-electron chi connectivity index (χ2n) is 2.72. The highest BCUT2D eigenvalue weighted by Gasteiger charge is 2.02. The van der Waals surface area contributed by atoms with Crippen LogP contribution in [0.15, 0.2) is 12.1 Å². The van der Waals surface area contributed by atoms with Crippen molar-refractivity contribution in [1.82, 2.24) is 15.0 Å². The molecule has 2 N–H and O–H groups in total. The molecule has 0 saturated carbocycles. The Hall–Kier alpha value is -1.69. The minimum atomic E-state index is -0.397. The summed E-state index contributed by atoms with van der Waals surface area (Å²) in [4.78, 5) is 20.4. The summed E-state index contributed by atoms with van der Waals surface area (Å²) in [5.74, 6) is -0.138. The normalized spacial score (nSPS) is 10.4. The summed E-state index contributed by atoms with van der Waals surface area (Å²) < 4.78 is 5.31. The number of carbonyl (C=O) groups is 1. The van der Waals surface area contributed by atoms with E-state index in [1.54, 1.807) is 12.1 Å². The lowest BCUT2D eigenvalue weighted by Crippen LogP contribution is -2.02. The molecule has 2 aromatic rings. The SMILES string of the molecule is CC(=O)Oc1ccc2[nH]c(=S)[nH]c2n1. The van der Waals surface area contributed by atoms with Gasteiger partial charge in [-0.2, -0.15) is 4.98 Å². The third kappa shape index (κ3) is 1.64. The van der Waals surface area contributed by atoms with Crippen LogP contribution in [0.4, 0.5) is 0 Å². The number of aromatic nitrogens is 3. The lowest BCUT2D eigenvalue weighted by molar-refractivity contribution is -0.132. The van der Waals surface area contributed by atoms with Crippen LogP contribution in [0.3, 0.4) is 0 Å². The number of ether oxygens (including phenoxy) is 1. The van der Waals surface area contributed by atoms with Gasteiger partial charge in [0, 0.05) is 13.0 Å². The van der Waals surface area contributed by atoms with Crippen LogP contribution in [0, 0.1) is 4.77 Å². The first-order valence-corrected chi connectivity index (χ1v) is 4.33. The van der Waals surface area contributed by atoms with Crippen molar-refractivity contribution in [3.8, 4) is 5.88 Å². The quantitative estimate of drug-likeness (QED) is 0.552. The molecule has 0 amide bonds. The molecule has 0 bridgehead atoms. The molecule has 0 aliphatic heterocycles. The van der Waals surface area contributed by atoms with Gasteiger partial charge in [0.05, 0.1) is 5.52 Å². The number of rotatable bonds is 1. The number of nitrogens with zero attached hydrogens (tertiary/aromatic N) is 1. The van der Waals surface area contributed by atoms with Gasteiger partial charge in [-0.3, -0.25) is 4.79 Å². The summed E-state index contributed by atoms with van der Waals surface area (Å²) >= 11 is 4.89. The number of imidazole rings is 1. The van der Waals surface area contributed by atoms with E-state index in [-0.39, 0.29) is 5.88 Å². The third-order valence-electron chi connectivity index (χ3n) is 1.60. The molecule has 0 saturated heterocycles. The molecule has 0 fully saturated rings. The second kappa shape index (κ2) is 3.22. The van der Waals surface area contributed by atoms with E-state index in [4.69, 9.17) is 17.0 Å². The first-order chi connectivity index (χ1) is 6.65. The van der Waals surface area contributed by atoms with Crippen LogP contribution < -0.4 is 4.74 Å². The van der Waals surface area contributed by atoms with E-state index in [2.05, 4.69) is 15.0 Å². The number of carbonyl (C=O) groups excluding carboxylic acids is 1. The maximum Gasteiger partial charge on any atom is 0.309 e. The molecule has 0 atom stereocenters. The summed E-state index contributed by atoms with van der Waals surface area (Å²) in [5.41, 5.74) is 1.36. The average Bonchev–Trinajstić information content (AvgIpc) is 2.42. The molecule has 72 valence electrons. The Labute approximate surface area is 84.1 Å². The second-order valence-corrected chi connectivity index (χ2v) is 3.13. The predicted octanol–water partition coefficient (Wildman–Crippen LogP) is 1.55. The smallest absolute Gasteiger partial charge is 0.309 e. The van der Waals surface area contributed by atoms with Gasteiger partial charge in [0.15, 0.2) is 10.4 Å². The largest absolute Gasteiger partial charge is 0.408 e. The predicted molar refractivity (Wildman–Crippen MR) is 52.6 cm³/mol. The Morgan fingerprint density at radius 2 is 2.29 bits per heavy atom.